The second-order valence-electron chi connectivity index (χ2n) is 5.46. The SMILES string of the molecule is Cc1cnc(Nc2c(C(=O)NOC[C@H](O)CO)cc(Br)c(F)c2F)c(Br)c1. The number of aryl methyl sites for hydroxylation is 1. The van der Waals surface area contributed by atoms with Gasteiger partial charge < -0.3 is 15.5 Å². The van der Waals surface area contributed by atoms with Crippen molar-refractivity contribution < 1.29 is 28.6 Å². The van der Waals surface area contributed by atoms with Crippen LogP contribution in [0.25, 0.3) is 0 Å². The summed E-state index contributed by atoms with van der Waals surface area (Å²) in [5.74, 6) is -3.20. The van der Waals surface area contributed by atoms with Gasteiger partial charge in [0.25, 0.3) is 5.91 Å². The molecule has 0 saturated carbocycles. The zero-order valence-electron chi connectivity index (χ0n) is 13.9. The zero-order valence-corrected chi connectivity index (χ0v) is 17.1. The van der Waals surface area contributed by atoms with Gasteiger partial charge in [0.2, 0.25) is 0 Å². The minimum Gasteiger partial charge on any atom is -0.394 e. The summed E-state index contributed by atoms with van der Waals surface area (Å²) in [5, 5.41) is 20.5. The lowest BCUT2D eigenvalue weighted by molar-refractivity contribution is -0.0295. The van der Waals surface area contributed by atoms with Gasteiger partial charge in [-0.3, -0.25) is 9.63 Å². The van der Waals surface area contributed by atoms with E-state index < -0.39 is 35.9 Å². The van der Waals surface area contributed by atoms with E-state index in [0.29, 0.717) is 4.47 Å². The second-order valence-corrected chi connectivity index (χ2v) is 7.16. The topological polar surface area (TPSA) is 104 Å². The quantitative estimate of drug-likeness (QED) is 0.337. The molecule has 4 N–H and O–H groups in total. The number of rotatable bonds is 7. The van der Waals surface area contributed by atoms with E-state index in [0.717, 1.165) is 11.6 Å². The lowest BCUT2D eigenvalue weighted by atomic mass is 10.1. The van der Waals surface area contributed by atoms with E-state index in [4.69, 9.17) is 9.94 Å². The number of carbonyl (C=O) groups is 1. The van der Waals surface area contributed by atoms with Crippen molar-refractivity contribution in [3.8, 4) is 0 Å². The number of benzene rings is 1. The predicted molar refractivity (Wildman–Crippen MR) is 101 cm³/mol. The molecule has 0 aliphatic heterocycles. The molecule has 11 heteroatoms. The monoisotopic (exact) mass is 509 g/mol. The highest BCUT2D eigenvalue weighted by atomic mass is 79.9. The number of hydrogen-bond donors (Lipinski definition) is 4. The van der Waals surface area contributed by atoms with E-state index >= 15 is 0 Å². The van der Waals surface area contributed by atoms with Crippen molar-refractivity contribution in [2.75, 3.05) is 18.5 Å². The maximum absolute atomic E-state index is 14.5. The fourth-order valence-electron chi connectivity index (χ4n) is 1.95. The zero-order chi connectivity index (χ0) is 20.1. The average molecular weight is 511 g/mol. The first-order valence-corrected chi connectivity index (χ1v) is 9.10. The van der Waals surface area contributed by atoms with Gasteiger partial charge in [0.1, 0.15) is 18.5 Å². The standard InChI is InChI=1S/C16H15Br2F2N3O4/c1-7-2-11(18)15(21-4-7)22-14-9(3-10(17)12(19)13(14)20)16(26)23-27-6-8(25)5-24/h2-4,8,24-25H,5-6H2,1H3,(H,21,22)(H,23,26)/t8-/m1/s1. The number of aliphatic hydroxyl groups is 2. The van der Waals surface area contributed by atoms with E-state index in [1.807, 2.05) is 5.48 Å². The van der Waals surface area contributed by atoms with Gasteiger partial charge in [-0.05, 0) is 56.5 Å². The number of hydroxylamine groups is 1. The third-order valence-corrected chi connectivity index (χ3v) is 4.46. The molecule has 0 unspecified atom stereocenters. The Kier molecular flexibility index (Phi) is 7.62. The molecule has 2 rings (SSSR count). The summed E-state index contributed by atoms with van der Waals surface area (Å²) >= 11 is 6.11. The Hall–Kier alpha value is -1.66. The summed E-state index contributed by atoms with van der Waals surface area (Å²) in [5.41, 5.74) is 2.12. The Labute approximate surface area is 170 Å². The van der Waals surface area contributed by atoms with Crippen LogP contribution in [0.3, 0.4) is 0 Å². The van der Waals surface area contributed by atoms with Gasteiger partial charge in [0, 0.05) is 6.20 Å². The van der Waals surface area contributed by atoms with Crippen LogP contribution < -0.4 is 10.8 Å². The number of nitrogens with one attached hydrogen (secondary N) is 2. The number of anilines is 2. The molecule has 0 aliphatic rings. The molecule has 1 atom stereocenters. The summed E-state index contributed by atoms with van der Waals surface area (Å²) in [6.45, 7) is 0.853. The summed E-state index contributed by atoms with van der Waals surface area (Å²) in [6, 6.07) is 2.78. The maximum atomic E-state index is 14.5. The fraction of sp³-hybridized carbons (Fsp3) is 0.250. The van der Waals surface area contributed by atoms with Crippen LogP contribution in [0.2, 0.25) is 0 Å². The van der Waals surface area contributed by atoms with Gasteiger partial charge in [-0.1, -0.05) is 0 Å². The molecule has 0 aliphatic carbocycles. The number of aliphatic hydroxyl groups excluding tert-OH is 2. The number of aromatic nitrogens is 1. The summed E-state index contributed by atoms with van der Waals surface area (Å²) in [4.78, 5) is 21.2. The smallest absolute Gasteiger partial charge is 0.277 e. The Morgan fingerprint density at radius 2 is 2.00 bits per heavy atom. The minimum absolute atomic E-state index is 0.173. The first-order valence-electron chi connectivity index (χ1n) is 7.52. The molecular weight excluding hydrogens is 496 g/mol. The number of pyridine rings is 1. The van der Waals surface area contributed by atoms with Crippen LogP contribution in [0.15, 0.2) is 27.3 Å². The Balaban J connectivity index is 2.34. The van der Waals surface area contributed by atoms with Crippen molar-refractivity contribution in [2.45, 2.75) is 13.0 Å². The third-order valence-electron chi connectivity index (χ3n) is 3.28. The van der Waals surface area contributed by atoms with Gasteiger partial charge >= 0.3 is 0 Å². The molecule has 1 heterocycles. The van der Waals surface area contributed by atoms with Gasteiger partial charge in [0.15, 0.2) is 11.6 Å². The van der Waals surface area contributed by atoms with Crippen LogP contribution in [-0.4, -0.2) is 40.4 Å². The molecule has 146 valence electrons. The first kappa shape index (κ1) is 21.6. The number of nitrogens with zero attached hydrogens (tertiary/aromatic N) is 1. The Morgan fingerprint density at radius 1 is 1.30 bits per heavy atom. The van der Waals surface area contributed by atoms with Crippen molar-refractivity contribution in [3.63, 3.8) is 0 Å². The number of hydrogen-bond acceptors (Lipinski definition) is 6. The molecule has 27 heavy (non-hydrogen) atoms. The highest BCUT2D eigenvalue weighted by Crippen LogP contribution is 2.33. The Bertz CT molecular complexity index is 855. The first-order chi connectivity index (χ1) is 12.7. The summed E-state index contributed by atoms with van der Waals surface area (Å²) in [7, 11) is 0. The number of halogens is 4. The highest BCUT2D eigenvalue weighted by Gasteiger charge is 2.23. The van der Waals surface area contributed by atoms with Crippen LogP contribution in [0.1, 0.15) is 15.9 Å². The van der Waals surface area contributed by atoms with E-state index in [9.17, 15) is 18.7 Å². The van der Waals surface area contributed by atoms with Crippen molar-refractivity contribution in [2.24, 2.45) is 0 Å². The molecule has 0 radical (unpaired) electrons. The molecule has 1 amide bonds. The van der Waals surface area contributed by atoms with E-state index in [1.54, 1.807) is 13.0 Å². The molecule has 7 nitrogen and oxygen atoms in total. The average Bonchev–Trinajstić information content (AvgIpc) is 2.63. The Morgan fingerprint density at radius 3 is 2.63 bits per heavy atom. The predicted octanol–water partition coefficient (Wildman–Crippen LogP) is 2.95. The lowest BCUT2D eigenvalue weighted by Crippen LogP contribution is -2.30. The molecule has 1 aromatic heterocycles. The molecule has 1 aromatic carbocycles. The van der Waals surface area contributed by atoms with Crippen molar-refractivity contribution in [1.82, 2.24) is 10.5 Å². The third kappa shape index (κ3) is 5.42. The molecular formula is C16H15Br2F2N3O4. The van der Waals surface area contributed by atoms with Gasteiger partial charge in [0.05, 0.1) is 26.8 Å². The van der Waals surface area contributed by atoms with Crippen LogP contribution in [0.5, 0.6) is 0 Å². The molecule has 0 fully saturated rings. The molecule has 2 aromatic rings. The van der Waals surface area contributed by atoms with Crippen molar-refractivity contribution in [3.05, 3.63) is 50.0 Å². The van der Waals surface area contributed by atoms with Crippen LogP contribution in [0.4, 0.5) is 20.3 Å². The van der Waals surface area contributed by atoms with Gasteiger partial charge in [-0.2, -0.15) is 0 Å². The minimum atomic E-state index is -1.29. The number of carbonyl (C=O) groups excluding carboxylic acids is 1. The molecule has 0 spiro atoms. The van der Waals surface area contributed by atoms with Crippen LogP contribution >= 0.6 is 31.9 Å². The second kappa shape index (κ2) is 9.51. The summed E-state index contributed by atoms with van der Waals surface area (Å²) in [6.07, 6.45) is 0.312. The van der Waals surface area contributed by atoms with Crippen molar-refractivity contribution >= 4 is 49.3 Å². The highest BCUT2D eigenvalue weighted by molar-refractivity contribution is 9.10. The van der Waals surface area contributed by atoms with Gasteiger partial charge in [-0.15, -0.1) is 0 Å². The molecule has 0 bridgehead atoms. The van der Waals surface area contributed by atoms with Crippen molar-refractivity contribution in [1.29, 1.82) is 0 Å². The lowest BCUT2D eigenvalue weighted by Gasteiger charge is -2.15. The summed E-state index contributed by atoms with van der Waals surface area (Å²) < 4.78 is 28.7. The van der Waals surface area contributed by atoms with Crippen LogP contribution in [0, 0.1) is 18.6 Å². The van der Waals surface area contributed by atoms with E-state index in [-0.39, 0.29) is 22.5 Å². The number of amides is 1. The molecule has 0 saturated heterocycles. The van der Waals surface area contributed by atoms with Crippen LogP contribution in [-0.2, 0) is 4.84 Å². The van der Waals surface area contributed by atoms with E-state index in [2.05, 4.69) is 42.2 Å². The maximum Gasteiger partial charge on any atom is 0.277 e. The van der Waals surface area contributed by atoms with E-state index in [1.165, 1.54) is 6.20 Å². The fourth-order valence-corrected chi connectivity index (χ4v) is 2.92. The van der Waals surface area contributed by atoms with Gasteiger partial charge in [-0.25, -0.2) is 19.2 Å². The largest absolute Gasteiger partial charge is 0.394 e. The normalized spacial score (nSPS) is 12.0.